The van der Waals surface area contributed by atoms with Crippen LogP contribution in [-0.4, -0.2) is 26.4 Å². The molecule has 0 unspecified atom stereocenters. The van der Waals surface area contributed by atoms with E-state index in [-0.39, 0.29) is 23.3 Å². The topological polar surface area (TPSA) is 75.3 Å². The van der Waals surface area contributed by atoms with Crippen molar-refractivity contribution in [1.29, 1.82) is 0 Å². The summed E-state index contributed by atoms with van der Waals surface area (Å²) >= 11 is 5.88. The van der Waals surface area contributed by atoms with Crippen LogP contribution in [0.2, 0.25) is 5.02 Å². The highest BCUT2D eigenvalue weighted by Gasteiger charge is 2.32. The molecule has 7 heteroatoms. The van der Waals surface area contributed by atoms with Gasteiger partial charge in [0, 0.05) is 11.1 Å². The molecule has 1 aliphatic rings. The minimum absolute atomic E-state index is 0.0551. The molecule has 0 aliphatic heterocycles. The minimum Gasteiger partial charge on any atom is -0.352 e. The monoisotopic (exact) mass is 448 g/mol. The molecule has 0 bridgehead atoms. The first-order valence-corrected chi connectivity index (χ1v) is 12.2. The van der Waals surface area contributed by atoms with E-state index < -0.39 is 16.1 Å². The Kier molecular flexibility index (Phi) is 7.55. The van der Waals surface area contributed by atoms with E-state index >= 15 is 0 Å². The summed E-state index contributed by atoms with van der Waals surface area (Å²) in [6.07, 6.45) is 3.41. The first-order chi connectivity index (χ1) is 14.3. The number of carbonyl (C=O) groups is 1. The smallest absolute Gasteiger partial charge is 0.241 e. The molecular weight excluding hydrogens is 420 g/mol. The Balaban J connectivity index is 1.80. The van der Waals surface area contributed by atoms with Gasteiger partial charge in [-0.05, 0) is 54.5 Å². The van der Waals surface area contributed by atoms with Crippen molar-refractivity contribution in [3.63, 3.8) is 0 Å². The zero-order valence-electron chi connectivity index (χ0n) is 17.3. The van der Waals surface area contributed by atoms with Crippen LogP contribution in [0.5, 0.6) is 0 Å². The molecule has 5 nitrogen and oxygen atoms in total. The highest BCUT2D eigenvalue weighted by atomic mass is 35.5. The van der Waals surface area contributed by atoms with Gasteiger partial charge in [0.15, 0.2) is 0 Å². The van der Waals surface area contributed by atoms with E-state index in [0.717, 1.165) is 24.8 Å². The molecular formula is C23H29ClN2O3S. The van der Waals surface area contributed by atoms with Crippen LogP contribution >= 0.6 is 11.6 Å². The minimum atomic E-state index is -3.88. The lowest BCUT2D eigenvalue weighted by atomic mass is 9.78. The van der Waals surface area contributed by atoms with Crippen molar-refractivity contribution in [3.8, 4) is 0 Å². The van der Waals surface area contributed by atoms with E-state index in [2.05, 4.69) is 23.9 Å². The maximum atomic E-state index is 13.2. The Morgan fingerprint density at radius 1 is 1.07 bits per heavy atom. The molecule has 1 amide bonds. The summed E-state index contributed by atoms with van der Waals surface area (Å²) in [5, 5.41) is 3.57. The van der Waals surface area contributed by atoms with Gasteiger partial charge in [0.25, 0.3) is 0 Å². The zero-order valence-corrected chi connectivity index (χ0v) is 18.9. The summed E-state index contributed by atoms with van der Waals surface area (Å²) < 4.78 is 28.5. The van der Waals surface area contributed by atoms with Crippen LogP contribution in [0.15, 0.2) is 59.5 Å². The van der Waals surface area contributed by atoms with E-state index in [1.807, 2.05) is 30.3 Å². The second kappa shape index (κ2) is 9.94. The highest BCUT2D eigenvalue weighted by molar-refractivity contribution is 7.89. The molecule has 1 saturated carbocycles. The van der Waals surface area contributed by atoms with Gasteiger partial charge in [-0.3, -0.25) is 4.79 Å². The first-order valence-electron chi connectivity index (χ1n) is 10.4. The molecule has 30 heavy (non-hydrogen) atoms. The SMILES string of the molecule is C[C@@H]1[C@H](C)CCC[C@@H]1NC(=O)[C@@H](Cc1ccccc1)NS(=O)(=O)c1ccc(Cl)cc1. The lowest BCUT2D eigenvalue weighted by Crippen LogP contribution is -2.53. The van der Waals surface area contributed by atoms with Crippen LogP contribution in [0.3, 0.4) is 0 Å². The van der Waals surface area contributed by atoms with Crippen molar-refractivity contribution < 1.29 is 13.2 Å². The highest BCUT2D eigenvalue weighted by Crippen LogP contribution is 2.29. The summed E-state index contributed by atoms with van der Waals surface area (Å²) in [5.74, 6) is 0.595. The summed E-state index contributed by atoms with van der Waals surface area (Å²) in [7, 11) is -3.88. The molecule has 1 aliphatic carbocycles. The van der Waals surface area contributed by atoms with Crippen LogP contribution in [0.1, 0.15) is 38.7 Å². The van der Waals surface area contributed by atoms with Crippen molar-refractivity contribution in [2.75, 3.05) is 0 Å². The molecule has 0 spiro atoms. The van der Waals surface area contributed by atoms with Gasteiger partial charge in [0.1, 0.15) is 6.04 Å². The molecule has 0 radical (unpaired) electrons. The molecule has 0 saturated heterocycles. The van der Waals surface area contributed by atoms with Crippen molar-refractivity contribution in [2.24, 2.45) is 11.8 Å². The molecule has 0 aromatic heterocycles. The number of sulfonamides is 1. The number of hydrogen-bond acceptors (Lipinski definition) is 3. The molecule has 2 aromatic rings. The second-order valence-corrected chi connectivity index (χ2v) is 10.4. The second-order valence-electron chi connectivity index (χ2n) is 8.20. The van der Waals surface area contributed by atoms with Crippen molar-refractivity contribution in [3.05, 3.63) is 65.2 Å². The summed E-state index contributed by atoms with van der Waals surface area (Å²) in [6.45, 7) is 4.35. The molecule has 2 N–H and O–H groups in total. The fourth-order valence-corrected chi connectivity index (χ4v) is 5.30. The Hall–Kier alpha value is -1.89. The van der Waals surface area contributed by atoms with E-state index in [1.54, 1.807) is 0 Å². The summed E-state index contributed by atoms with van der Waals surface area (Å²) in [6, 6.07) is 14.5. The Labute approximate surface area is 184 Å². The maximum Gasteiger partial charge on any atom is 0.241 e. The molecule has 3 rings (SSSR count). The van der Waals surface area contributed by atoms with Gasteiger partial charge < -0.3 is 5.32 Å². The number of hydrogen-bond donors (Lipinski definition) is 2. The number of benzene rings is 2. The van der Waals surface area contributed by atoms with Crippen LogP contribution in [-0.2, 0) is 21.2 Å². The summed E-state index contributed by atoms with van der Waals surface area (Å²) in [5.41, 5.74) is 0.890. The van der Waals surface area contributed by atoms with Crippen molar-refractivity contribution in [2.45, 2.75) is 56.5 Å². The van der Waals surface area contributed by atoms with Crippen LogP contribution in [0.4, 0.5) is 0 Å². The van der Waals surface area contributed by atoms with Gasteiger partial charge in [-0.15, -0.1) is 0 Å². The molecule has 162 valence electrons. The number of rotatable bonds is 7. The van der Waals surface area contributed by atoms with Gasteiger partial charge in [-0.1, -0.05) is 68.6 Å². The Bertz CT molecular complexity index is 948. The number of amides is 1. The zero-order chi connectivity index (χ0) is 21.7. The predicted molar refractivity (Wildman–Crippen MR) is 120 cm³/mol. The van der Waals surface area contributed by atoms with Gasteiger partial charge in [0.05, 0.1) is 4.90 Å². The lowest BCUT2D eigenvalue weighted by Gasteiger charge is -2.35. The van der Waals surface area contributed by atoms with E-state index in [4.69, 9.17) is 11.6 Å². The van der Waals surface area contributed by atoms with Gasteiger partial charge in [-0.2, -0.15) is 4.72 Å². The van der Waals surface area contributed by atoms with Crippen molar-refractivity contribution in [1.82, 2.24) is 10.0 Å². The quantitative estimate of drug-likeness (QED) is 0.667. The molecule has 2 aromatic carbocycles. The van der Waals surface area contributed by atoms with Gasteiger partial charge in [-0.25, -0.2) is 8.42 Å². The van der Waals surface area contributed by atoms with Crippen LogP contribution in [0.25, 0.3) is 0 Å². The van der Waals surface area contributed by atoms with E-state index in [9.17, 15) is 13.2 Å². The summed E-state index contributed by atoms with van der Waals surface area (Å²) in [4.78, 5) is 13.3. The van der Waals surface area contributed by atoms with Crippen molar-refractivity contribution >= 4 is 27.5 Å². The molecule has 0 heterocycles. The third-order valence-electron chi connectivity index (χ3n) is 6.05. The van der Waals surface area contributed by atoms with E-state index in [1.165, 1.54) is 24.3 Å². The predicted octanol–water partition coefficient (Wildman–Crippen LogP) is 4.17. The number of nitrogens with one attached hydrogen (secondary N) is 2. The van der Waals surface area contributed by atoms with E-state index in [0.29, 0.717) is 16.9 Å². The van der Waals surface area contributed by atoms with Gasteiger partial charge in [0.2, 0.25) is 15.9 Å². The van der Waals surface area contributed by atoms with Crippen LogP contribution < -0.4 is 10.0 Å². The third kappa shape index (κ3) is 5.84. The first kappa shape index (κ1) is 22.8. The van der Waals surface area contributed by atoms with Gasteiger partial charge >= 0.3 is 0 Å². The fraction of sp³-hybridized carbons (Fsp3) is 0.435. The number of halogens is 1. The Morgan fingerprint density at radius 2 is 1.73 bits per heavy atom. The van der Waals surface area contributed by atoms with Crippen LogP contribution in [0, 0.1) is 11.8 Å². The molecule has 1 fully saturated rings. The third-order valence-corrected chi connectivity index (χ3v) is 7.79. The average molecular weight is 449 g/mol. The largest absolute Gasteiger partial charge is 0.352 e. The fourth-order valence-electron chi connectivity index (χ4n) is 3.98. The molecule has 4 atom stereocenters. The maximum absolute atomic E-state index is 13.2. The average Bonchev–Trinajstić information content (AvgIpc) is 2.72. The standard InChI is InChI=1S/C23H29ClN2O3S/c1-16-7-6-10-21(17(16)2)25-23(27)22(15-18-8-4-3-5-9-18)26-30(28,29)20-13-11-19(24)12-14-20/h3-5,8-9,11-14,16-17,21-22,26H,6-7,10,15H2,1-2H3,(H,25,27)/t16-,17-,21+,22-/m1/s1. The number of carbonyl (C=O) groups excluding carboxylic acids is 1. The normalized spacial score (nSPS) is 23.0. The lowest BCUT2D eigenvalue weighted by molar-refractivity contribution is -0.124. The Morgan fingerprint density at radius 3 is 2.40 bits per heavy atom.